The van der Waals surface area contributed by atoms with E-state index >= 15 is 0 Å². The van der Waals surface area contributed by atoms with Crippen LogP contribution < -0.4 is 11.1 Å². The van der Waals surface area contributed by atoms with Crippen molar-refractivity contribution in [2.75, 3.05) is 0 Å². The quantitative estimate of drug-likeness (QED) is 0.242. The van der Waals surface area contributed by atoms with Gasteiger partial charge in [-0.3, -0.25) is 9.59 Å². The van der Waals surface area contributed by atoms with Crippen LogP contribution in [-0.4, -0.2) is 28.9 Å². The van der Waals surface area contributed by atoms with E-state index in [1.807, 2.05) is 12.2 Å². The Kier molecular flexibility index (Phi) is 17.6. The van der Waals surface area contributed by atoms with Crippen LogP contribution in [0.4, 0.5) is 0 Å². The zero-order valence-electron chi connectivity index (χ0n) is 18.0. The smallest absolute Gasteiger partial charge is 0.326 e. The van der Waals surface area contributed by atoms with E-state index in [9.17, 15) is 14.4 Å². The van der Waals surface area contributed by atoms with E-state index in [0.717, 1.165) is 38.5 Å². The number of amides is 2. The summed E-state index contributed by atoms with van der Waals surface area (Å²) in [7, 11) is 0. The summed E-state index contributed by atoms with van der Waals surface area (Å²) in [5.41, 5.74) is 4.97. The van der Waals surface area contributed by atoms with Crippen LogP contribution in [0.5, 0.6) is 0 Å². The minimum absolute atomic E-state index is 0.205. The molecule has 4 N–H and O–H groups in total. The standard InChI is InChI=1S/C24H36N2O4/c1-2-3-4-5-6-7-8-9-10-11-12-13-14-15-16-17-18-19-23(28)26-21(24(29)30)20-22(25)27/h3-4,6-7,9-10,12-13,15-16,21H,2,5,8,11,14,17-20H2,1H3,(H2,25,27)(H,26,28)(H,29,30)/b4-3+,7-6+,10-9+,13-12+,16-15+. The molecular weight excluding hydrogens is 380 g/mol. The molecule has 0 bridgehead atoms. The first-order valence-corrected chi connectivity index (χ1v) is 10.5. The number of aliphatic carboxylic acids is 1. The molecule has 0 aromatic rings. The molecule has 6 heteroatoms. The molecule has 0 aromatic heterocycles. The van der Waals surface area contributed by atoms with Gasteiger partial charge >= 0.3 is 5.97 Å². The molecule has 2 amide bonds. The highest BCUT2D eigenvalue weighted by Crippen LogP contribution is 2.01. The summed E-state index contributed by atoms with van der Waals surface area (Å²) in [4.78, 5) is 33.5. The number of carbonyl (C=O) groups excluding carboxylic acids is 2. The van der Waals surface area contributed by atoms with Gasteiger partial charge in [0, 0.05) is 6.42 Å². The van der Waals surface area contributed by atoms with Gasteiger partial charge in [-0.05, 0) is 44.9 Å². The number of carbonyl (C=O) groups is 3. The number of unbranched alkanes of at least 4 members (excludes halogenated alkanes) is 1. The van der Waals surface area contributed by atoms with Gasteiger partial charge in [0.15, 0.2) is 0 Å². The fraction of sp³-hybridized carbons (Fsp3) is 0.458. The van der Waals surface area contributed by atoms with Gasteiger partial charge in [0.25, 0.3) is 0 Å². The maximum Gasteiger partial charge on any atom is 0.326 e. The molecule has 0 aliphatic heterocycles. The van der Waals surface area contributed by atoms with E-state index in [1.165, 1.54) is 0 Å². The summed E-state index contributed by atoms with van der Waals surface area (Å²) < 4.78 is 0. The Morgan fingerprint density at radius 3 is 1.73 bits per heavy atom. The minimum atomic E-state index is -1.26. The van der Waals surface area contributed by atoms with Crippen molar-refractivity contribution in [2.45, 2.75) is 70.8 Å². The van der Waals surface area contributed by atoms with Crippen LogP contribution in [0.2, 0.25) is 0 Å². The molecule has 1 unspecified atom stereocenters. The van der Waals surface area contributed by atoms with Crippen molar-refractivity contribution >= 4 is 17.8 Å². The monoisotopic (exact) mass is 416 g/mol. The van der Waals surface area contributed by atoms with Crippen LogP contribution in [0.15, 0.2) is 60.8 Å². The summed E-state index contributed by atoms with van der Waals surface area (Å²) in [6.45, 7) is 2.13. The van der Waals surface area contributed by atoms with Crippen molar-refractivity contribution in [3.63, 3.8) is 0 Å². The first-order valence-electron chi connectivity index (χ1n) is 10.5. The topological polar surface area (TPSA) is 109 Å². The highest BCUT2D eigenvalue weighted by Gasteiger charge is 2.21. The van der Waals surface area contributed by atoms with Crippen LogP contribution in [0.1, 0.15) is 64.7 Å². The Balaban J connectivity index is 3.78. The molecule has 0 saturated carbocycles. The number of allylic oxidation sites excluding steroid dienone is 10. The number of hydrogen-bond acceptors (Lipinski definition) is 3. The van der Waals surface area contributed by atoms with E-state index in [-0.39, 0.29) is 6.42 Å². The van der Waals surface area contributed by atoms with Gasteiger partial charge in [-0.2, -0.15) is 0 Å². The molecule has 0 spiro atoms. The molecule has 0 aromatic carbocycles. The number of primary amides is 1. The number of rotatable bonds is 17. The second-order valence-corrected chi connectivity index (χ2v) is 6.73. The molecule has 0 saturated heterocycles. The van der Waals surface area contributed by atoms with Gasteiger partial charge in [0.1, 0.15) is 6.04 Å². The third kappa shape index (κ3) is 18.5. The van der Waals surface area contributed by atoms with Crippen LogP contribution in [0.25, 0.3) is 0 Å². The zero-order valence-corrected chi connectivity index (χ0v) is 18.0. The van der Waals surface area contributed by atoms with Crippen molar-refractivity contribution < 1.29 is 19.5 Å². The second kappa shape index (κ2) is 19.4. The summed E-state index contributed by atoms with van der Waals surface area (Å²) in [6, 6.07) is -1.26. The molecule has 0 fully saturated rings. The Bertz CT molecular complexity index is 646. The predicted octanol–water partition coefficient (Wildman–Crippen LogP) is 4.35. The van der Waals surface area contributed by atoms with E-state index < -0.39 is 30.2 Å². The second-order valence-electron chi connectivity index (χ2n) is 6.73. The number of carboxylic acids is 1. The summed E-state index contributed by atoms with van der Waals surface area (Å²) in [5.74, 6) is -2.42. The van der Waals surface area contributed by atoms with Gasteiger partial charge in [-0.15, -0.1) is 0 Å². The van der Waals surface area contributed by atoms with Crippen LogP contribution >= 0.6 is 0 Å². The van der Waals surface area contributed by atoms with E-state index in [1.54, 1.807) is 0 Å². The Morgan fingerprint density at radius 1 is 0.833 bits per heavy atom. The first-order chi connectivity index (χ1) is 14.5. The average molecular weight is 417 g/mol. The van der Waals surface area contributed by atoms with Gasteiger partial charge in [-0.25, -0.2) is 4.79 Å². The van der Waals surface area contributed by atoms with Crippen molar-refractivity contribution in [3.05, 3.63) is 60.8 Å². The molecule has 6 nitrogen and oxygen atoms in total. The Labute approximate surface area is 180 Å². The SMILES string of the molecule is CC/C=C/C/C=C/C/C=C/C/C=C/C/C=C/CCCC(=O)NC(CC(N)=O)C(=O)O. The molecule has 0 aliphatic carbocycles. The van der Waals surface area contributed by atoms with Crippen molar-refractivity contribution in [2.24, 2.45) is 5.73 Å². The number of nitrogens with one attached hydrogen (secondary N) is 1. The molecule has 1 atom stereocenters. The maximum absolute atomic E-state index is 11.7. The highest BCUT2D eigenvalue weighted by molar-refractivity contribution is 5.88. The number of hydrogen-bond donors (Lipinski definition) is 3. The van der Waals surface area contributed by atoms with Crippen LogP contribution in [-0.2, 0) is 14.4 Å². The number of nitrogens with two attached hydrogens (primary N) is 1. The largest absolute Gasteiger partial charge is 0.480 e. The predicted molar refractivity (Wildman–Crippen MR) is 122 cm³/mol. The lowest BCUT2D eigenvalue weighted by atomic mass is 10.1. The Hall–Kier alpha value is -2.89. The highest BCUT2D eigenvalue weighted by atomic mass is 16.4. The lowest BCUT2D eigenvalue weighted by molar-refractivity contribution is -0.143. The fourth-order valence-corrected chi connectivity index (χ4v) is 2.42. The molecule has 166 valence electrons. The van der Waals surface area contributed by atoms with E-state index in [2.05, 4.69) is 60.8 Å². The lowest BCUT2D eigenvalue weighted by Gasteiger charge is -2.12. The summed E-state index contributed by atoms with van der Waals surface area (Å²) in [5, 5.41) is 11.3. The van der Waals surface area contributed by atoms with E-state index in [4.69, 9.17) is 10.8 Å². The minimum Gasteiger partial charge on any atom is -0.480 e. The third-order valence-electron chi connectivity index (χ3n) is 3.97. The molecule has 0 heterocycles. The van der Waals surface area contributed by atoms with Crippen LogP contribution in [0.3, 0.4) is 0 Å². The number of carboxylic acid groups (broad SMARTS) is 1. The molecule has 0 rings (SSSR count). The molecule has 30 heavy (non-hydrogen) atoms. The third-order valence-corrected chi connectivity index (χ3v) is 3.97. The molecule has 0 aliphatic rings. The van der Waals surface area contributed by atoms with Gasteiger partial charge in [0.05, 0.1) is 6.42 Å². The van der Waals surface area contributed by atoms with Gasteiger partial charge in [-0.1, -0.05) is 67.7 Å². The average Bonchev–Trinajstić information content (AvgIpc) is 2.69. The van der Waals surface area contributed by atoms with Gasteiger partial charge in [0.2, 0.25) is 11.8 Å². The lowest BCUT2D eigenvalue weighted by Crippen LogP contribution is -2.43. The summed E-state index contributed by atoms with van der Waals surface area (Å²) >= 11 is 0. The van der Waals surface area contributed by atoms with Crippen molar-refractivity contribution in [3.8, 4) is 0 Å². The van der Waals surface area contributed by atoms with Crippen molar-refractivity contribution in [1.29, 1.82) is 0 Å². The zero-order chi connectivity index (χ0) is 22.5. The first kappa shape index (κ1) is 27.1. The Morgan fingerprint density at radius 2 is 1.30 bits per heavy atom. The maximum atomic E-state index is 11.7. The molecule has 0 radical (unpaired) electrons. The fourth-order valence-electron chi connectivity index (χ4n) is 2.42. The van der Waals surface area contributed by atoms with Crippen LogP contribution in [0, 0.1) is 0 Å². The van der Waals surface area contributed by atoms with E-state index in [0.29, 0.717) is 6.42 Å². The summed E-state index contributed by atoms with van der Waals surface area (Å²) in [6.07, 6.45) is 27.2. The van der Waals surface area contributed by atoms with Crippen molar-refractivity contribution in [1.82, 2.24) is 5.32 Å². The molecular formula is C24H36N2O4. The normalized spacial score (nSPS) is 13.2. The van der Waals surface area contributed by atoms with Gasteiger partial charge < -0.3 is 16.2 Å².